The van der Waals surface area contributed by atoms with Gasteiger partial charge >= 0.3 is 0 Å². The van der Waals surface area contributed by atoms with Crippen LogP contribution in [0.5, 0.6) is 0 Å². The summed E-state index contributed by atoms with van der Waals surface area (Å²) in [4.78, 5) is 28.2. The fourth-order valence-corrected chi connectivity index (χ4v) is 3.50. The number of rotatable bonds is 6. The van der Waals surface area contributed by atoms with Crippen molar-refractivity contribution in [2.75, 3.05) is 29.9 Å². The van der Waals surface area contributed by atoms with E-state index < -0.39 is 0 Å². The van der Waals surface area contributed by atoms with Gasteiger partial charge in [0.2, 0.25) is 11.8 Å². The van der Waals surface area contributed by atoms with E-state index in [9.17, 15) is 9.59 Å². The van der Waals surface area contributed by atoms with Crippen LogP contribution in [-0.2, 0) is 16.1 Å². The van der Waals surface area contributed by atoms with Crippen molar-refractivity contribution < 1.29 is 9.59 Å². The summed E-state index contributed by atoms with van der Waals surface area (Å²) in [6.45, 7) is 4.02. The number of anilines is 2. The SMILES string of the molecule is CC(=O)N(CC(=O)Nc1ccc(N2CCCCC2)cc1)Cc1ccc(Cl)cc1. The van der Waals surface area contributed by atoms with Crippen molar-refractivity contribution in [3.8, 4) is 0 Å². The van der Waals surface area contributed by atoms with Crippen LogP contribution in [0.3, 0.4) is 0 Å². The quantitative estimate of drug-likeness (QED) is 0.787. The molecule has 0 radical (unpaired) electrons. The van der Waals surface area contributed by atoms with E-state index in [1.807, 2.05) is 36.4 Å². The molecule has 148 valence electrons. The zero-order chi connectivity index (χ0) is 19.9. The lowest BCUT2D eigenvalue weighted by molar-refractivity contribution is -0.133. The first-order chi connectivity index (χ1) is 13.5. The van der Waals surface area contributed by atoms with Gasteiger partial charge in [0.25, 0.3) is 0 Å². The van der Waals surface area contributed by atoms with Crippen molar-refractivity contribution in [3.05, 3.63) is 59.1 Å². The summed E-state index contributed by atoms with van der Waals surface area (Å²) in [5, 5.41) is 3.52. The average molecular weight is 400 g/mol. The predicted octanol–water partition coefficient (Wildman–Crippen LogP) is 4.32. The van der Waals surface area contributed by atoms with Gasteiger partial charge < -0.3 is 15.1 Å². The highest BCUT2D eigenvalue weighted by molar-refractivity contribution is 6.30. The fourth-order valence-electron chi connectivity index (χ4n) is 3.37. The van der Waals surface area contributed by atoms with Crippen LogP contribution in [0.1, 0.15) is 31.7 Å². The van der Waals surface area contributed by atoms with Gasteiger partial charge in [-0.15, -0.1) is 0 Å². The van der Waals surface area contributed by atoms with Crippen LogP contribution in [0.4, 0.5) is 11.4 Å². The van der Waals surface area contributed by atoms with Crippen molar-refractivity contribution in [1.29, 1.82) is 0 Å². The van der Waals surface area contributed by atoms with E-state index in [1.54, 1.807) is 12.1 Å². The van der Waals surface area contributed by atoms with Gasteiger partial charge in [0.15, 0.2) is 0 Å². The molecule has 0 aromatic heterocycles. The number of halogens is 1. The maximum absolute atomic E-state index is 12.4. The van der Waals surface area contributed by atoms with Gasteiger partial charge in [0.05, 0.1) is 0 Å². The number of hydrogen-bond donors (Lipinski definition) is 1. The van der Waals surface area contributed by atoms with Crippen molar-refractivity contribution >= 4 is 34.8 Å². The third kappa shape index (κ3) is 5.73. The molecule has 6 heteroatoms. The molecule has 3 rings (SSSR count). The number of carbonyl (C=O) groups excluding carboxylic acids is 2. The maximum atomic E-state index is 12.4. The van der Waals surface area contributed by atoms with E-state index in [2.05, 4.69) is 10.2 Å². The van der Waals surface area contributed by atoms with Crippen molar-refractivity contribution in [3.63, 3.8) is 0 Å². The second-order valence-corrected chi connectivity index (χ2v) is 7.58. The lowest BCUT2D eigenvalue weighted by atomic mass is 10.1. The summed E-state index contributed by atoms with van der Waals surface area (Å²) in [6, 6.07) is 15.2. The lowest BCUT2D eigenvalue weighted by Gasteiger charge is -2.28. The first kappa shape index (κ1) is 20.2. The Labute approximate surface area is 171 Å². The van der Waals surface area contributed by atoms with Crippen LogP contribution in [0.2, 0.25) is 5.02 Å². The molecule has 1 aliphatic rings. The molecule has 1 saturated heterocycles. The summed E-state index contributed by atoms with van der Waals surface area (Å²) in [7, 11) is 0. The Morgan fingerprint density at radius 3 is 2.25 bits per heavy atom. The minimum absolute atomic E-state index is 0.00579. The Morgan fingerprint density at radius 2 is 1.64 bits per heavy atom. The Hall–Kier alpha value is -2.53. The van der Waals surface area contributed by atoms with Gasteiger partial charge in [0, 0.05) is 43.0 Å². The standard InChI is InChI=1S/C22H26ClN3O2/c1-17(27)26(15-18-5-7-19(23)8-6-18)16-22(28)24-20-9-11-21(12-10-20)25-13-3-2-4-14-25/h5-12H,2-4,13-16H2,1H3,(H,24,28). The molecular weight excluding hydrogens is 374 g/mol. The van der Waals surface area contributed by atoms with E-state index in [1.165, 1.54) is 36.8 Å². The summed E-state index contributed by atoms with van der Waals surface area (Å²) in [5.41, 5.74) is 2.85. The molecule has 0 saturated carbocycles. The van der Waals surface area contributed by atoms with Crippen LogP contribution >= 0.6 is 11.6 Å². The normalized spacial score (nSPS) is 13.9. The lowest BCUT2D eigenvalue weighted by Crippen LogP contribution is -2.36. The van der Waals surface area contributed by atoms with Crippen molar-refractivity contribution in [2.24, 2.45) is 0 Å². The smallest absolute Gasteiger partial charge is 0.244 e. The monoisotopic (exact) mass is 399 g/mol. The molecule has 1 fully saturated rings. The van der Waals surface area contributed by atoms with Gasteiger partial charge in [-0.05, 0) is 61.2 Å². The molecule has 0 bridgehead atoms. The van der Waals surface area contributed by atoms with Gasteiger partial charge in [0.1, 0.15) is 6.54 Å². The van der Waals surface area contributed by atoms with E-state index in [0.29, 0.717) is 11.6 Å². The molecule has 28 heavy (non-hydrogen) atoms. The average Bonchev–Trinajstić information content (AvgIpc) is 2.70. The van der Waals surface area contributed by atoms with Crippen LogP contribution in [0.25, 0.3) is 0 Å². The highest BCUT2D eigenvalue weighted by Crippen LogP contribution is 2.22. The first-order valence-corrected chi connectivity index (χ1v) is 10.0. The van der Waals surface area contributed by atoms with Crippen molar-refractivity contribution in [1.82, 2.24) is 4.90 Å². The number of nitrogens with zero attached hydrogens (tertiary/aromatic N) is 2. The zero-order valence-corrected chi connectivity index (χ0v) is 16.9. The topological polar surface area (TPSA) is 52.7 Å². The first-order valence-electron chi connectivity index (χ1n) is 9.66. The Bertz CT molecular complexity index is 800. The molecule has 2 aromatic rings. The van der Waals surface area contributed by atoms with E-state index >= 15 is 0 Å². The van der Waals surface area contributed by atoms with E-state index in [0.717, 1.165) is 24.3 Å². The van der Waals surface area contributed by atoms with Crippen LogP contribution in [0.15, 0.2) is 48.5 Å². The number of piperidine rings is 1. The molecule has 2 aromatic carbocycles. The second-order valence-electron chi connectivity index (χ2n) is 7.14. The molecular formula is C22H26ClN3O2. The van der Waals surface area contributed by atoms with Crippen LogP contribution in [-0.4, -0.2) is 36.3 Å². The number of nitrogens with one attached hydrogen (secondary N) is 1. The molecule has 1 N–H and O–H groups in total. The van der Waals surface area contributed by atoms with Gasteiger partial charge in [-0.1, -0.05) is 23.7 Å². The zero-order valence-electron chi connectivity index (χ0n) is 16.2. The third-order valence-corrected chi connectivity index (χ3v) is 5.19. The van der Waals surface area contributed by atoms with Gasteiger partial charge in [-0.25, -0.2) is 0 Å². The fraction of sp³-hybridized carbons (Fsp3) is 0.364. The number of hydrogen-bond acceptors (Lipinski definition) is 3. The minimum atomic E-state index is -0.213. The number of amides is 2. The molecule has 0 spiro atoms. The minimum Gasteiger partial charge on any atom is -0.372 e. The van der Waals surface area contributed by atoms with Crippen LogP contribution in [0, 0.1) is 0 Å². The third-order valence-electron chi connectivity index (χ3n) is 4.94. The number of benzene rings is 2. The molecule has 1 heterocycles. The Balaban J connectivity index is 1.56. The second kappa shape index (κ2) is 9.60. The Morgan fingerprint density at radius 1 is 1.00 bits per heavy atom. The maximum Gasteiger partial charge on any atom is 0.244 e. The van der Waals surface area contributed by atoms with Gasteiger partial charge in [-0.2, -0.15) is 0 Å². The van der Waals surface area contributed by atoms with Crippen LogP contribution < -0.4 is 10.2 Å². The van der Waals surface area contributed by atoms with E-state index in [4.69, 9.17) is 11.6 Å². The molecule has 2 amide bonds. The molecule has 5 nitrogen and oxygen atoms in total. The highest BCUT2D eigenvalue weighted by Gasteiger charge is 2.15. The Kier molecular flexibility index (Phi) is 6.93. The molecule has 0 aliphatic carbocycles. The number of carbonyl (C=O) groups is 2. The van der Waals surface area contributed by atoms with E-state index in [-0.39, 0.29) is 18.4 Å². The predicted molar refractivity (Wildman–Crippen MR) is 114 cm³/mol. The van der Waals surface area contributed by atoms with Gasteiger partial charge in [-0.3, -0.25) is 9.59 Å². The summed E-state index contributed by atoms with van der Waals surface area (Å²) < 4.78 is 0. The van der Waals surface area contributed by atoms with Crippen molar-refractivity contribution in [2.45, 2.75) is 32.7 Å². The highest BCUT2D eigenvalue weighted by atomic mass is 35.5. The molecule has 0 unspecified atom stereocenters. The summed E-state index contributed by atoms with van der Waals surface area (Å²) >= 11 is 5.90. The molecule has 0 atom stereocenters. The largest absolute Gasteiger partial charge is 0.372 e. The summed E-state index contributed by atoms with van der Waals surface area (Å²) in [5.74, 6) is -0.361. The molecule has 1 aliphatic heterocycles. The summed E-state index contributed by atoms with van der Waals surface area (Å²) in [6.07, 6.45) is 3.76.